The molecule has 2 saturated heterocycles. The molecule has 3 rings (SSSR count). The first kappa shape index (κ1) is 21.3. The third-order valence-corrected chi connectivity index (χ3v) is 7.58. The molecule has 1 atom stereocenters. The second-order valence-electron chi connectivity index (χ2n) is 8.45. The molecule has 2 aliphatic heterocycles. The van der Waals surface area contributed by atoms with Gasteiger partial charge in [-0.2, -0.15) is 4.31 Å². The van der Waals surface area contributed by atoms with Gasteiger partial charge < -0.3 is 15.0 Å². The molecule has 2 N–H and O–H groups in total. The number of rotatable bonds is 6. The summed E-state index contributed by atoms with van der Waals surface area (Å²) >= 11 is 0. The topological polar surface area (TPSA) is 94.7 Å². The minimum atomic E-state index is -3.61. The number of ether oxygens (including phenoxy) is 1. The van der Waals surface area contributed by atoms with Gasteiger partial charge in [0.1, 0.15) is 10.6 Å². The van der Waals surface area contributed by atoms with Crippen LogP contribution < -0.4 is 5.32 Å². The SMILES string of the molecule is CC1CCCN(C(C)(C)CNC(=O)c2cc(S(=O)(=O)N3CCOCC3)c[nH]2)C1. The molecular weight excluding hydrogens is 380 g/mol. The molecule has 0 aromatic carbocycles. The number of aromatic amines is 1. The summed E-state index contributed by atoms with van der Waals surface area (Å²) in [5, 5.41) is 2.96. The number of nitrogens with one attached hydrogen (secondary N) is 2. The molecule has 9 heteroatoms. The molecule has 1 amide bonds. The van der Waals surface area contributed by atoms with E-state index in [4.69, 9.17) is 4.74 Å². The fourth-order valence-corrected chi connectivity index (χ4v) is 5.24. The number of sulfonamides is 1. The van der Waals surface area contributed by atoms with Gasteiger partial charge in [-0.15, -0.1) is 0 Å². The van der Waals surface area contributed by atoms with Crippen molar-refractivity contribution < 1.29 is 17.9 Å². The lowest BCUT2D eigenvalue weighted by Crippen LogP contribution is -2.54. The third-order valence-electron chi connectivity index (χ3n) is 5.70. The highest BCUT2D eigenvalue weighted by Crippen LogP contribution is 2.23. The number of hydrogen-bond acceptors (Lipinski definition) is 5. The van der Waals surface area contributed by atoms with E-state index in [2.05, 4.69) is 36.0 Å². The van der Waals surface area contributed by atoms with E-state index in [1.807, 2.05) is 0 Å². The number of aromatic nitrogens is 1. The molecule has 1 aromatic heterocycles. The number of carbonyl (C=O) groups excluding carboxylic acids is 1. The zero-order valence-electron chi connectivity index (χ0n) is 17.0. The molecule has 0 radical (unpaired) electrons. The Morgan fingerprint density at radius 1 is 1.32 bits per heavy atom. The number of piperidine rings is 1. The smallest absolute Gasteiger partial charge is 0.267 e. The van der Waals surface area contributed by atoms with Crippen LogP contribution in [-0.4, -0.2) is 80.0 Å². The van der Waals surface area contributed by atoms with Crippen molar-refractivity contribution in [3.63, 3.8) is 0 Å². The van der Waals surface area contributed by atoms with E-state index in [1.165, 1.54) is 29.4 Å². The van der Waals surface area contributed by atoms with Crippen LogP contribution in [0.3, 0.4) is 0 Å². The normalized spacial score (nSPS) is 22.9. The van der Waals surface area contributed by atoms with Crippen molar-refractivity contribution in [2.24, 2.45) is 5.92 Å². The van der Waals surface area contributed by atoms with E-state index in [9.17, 15) is 13.2 Å². The number of carbonyl (C=O) groups is 1. The van der Waals surface area contributed by atoms with E-state index >= 15 is 0 Å². The largest absolute Gasteiger partial charge is 0.379 e. The molecule has 28 heavy (non-hydrogen) atoms. The van der Waals surface area contributed by atoms with Crippen LogP contribution in [-0.2, 0) is 14.8 Å². The van der Waals surface area contributed by atoms with Gasteiger partial charge in [0.05, 0.1) is 13.2 Å². The molecular formula is C19H32N4O4S. The molecule has 158 valence electrons. The monoisotopic (exact) mass is 412 g/mol. The Morgan fingerprint density at radius 3 is 2.71 bits per heavy atom. The van der Waals surface area contributed by atoms with Crippen molar-refractivity contribution in [2.75, 3.05) is 45.9 Å². The summed E-state index contributed by atoms with van der Waals surface area (Å²) in [7, 11) is -3.61. The van der Waals surface area contributed by atoms with Crippen molar-refractivity contribution in [2.45, 2.75) is 44.0 Å². The summed E-state index contributed by atoms with van der Waals surface area (Å²) < 4.78 is 32.0. The average molecular weight is 413 g/mol. The van der Waals surface area contributed by atoms with Gasteiger partial charge in [-0.25, -0.2) is 8.42 Å². The summed E-state index contributed by atoms with van der Waals surface area (Å²) in [4.78, 5) is 17.9. The van der Waals surface area contributed by atoms with Crippen LogP contribution in [0.2, 0.25) is 0 Å². The van der Waals surface area contributed by atoms with E-state index in [-0.39, 0.29) is 22.0 Å². The minimum absolute atomic E-state index is 0.115. The first-order chi connectivity index (χ1) is 13.2. The lowest BCUT2D eigenvalue weighted by Gasteiger charge is -2.43. The minimum Gasteiger partial charge on any atom is -0.379 e. The van der Waals surface area contributed by atoms with Crippen LogP contribution in [0.4, 0.5) is 0 Å². The summed E-state index contributed by atoms with van der Waals surface area (Å²) in [5.74, 6) is 0.377. The van der Waals surface area contributed by atoms with Gasteiger partial charge in [0.25, 0.3) is 5.91 Å². The maximum absolute atomic E-state index is 12.7. The number of H-pyrrole nitrogens is 1. The molecule has 2 fully saturated rings. The lowest BCUT2D eigenvalue weighted by atomic mass is 9.93. The van der Waals surface area contributed by atoms with Crippen molar-refractivity contribution in [3.8, 4) is 0 Å². The summed E-state index contributed by atoms with van der Waals surface area (Å²) in [6.45, 7) is 10.5. The van der Waals surface area contributed by atoms with Gasteiger partial charge in [-0.1, -0.05) is 6.92 Å². The summed E-state index contributed by atoms with van der Waals surface area (Å²) in [6, 6.07) is 1.41. The number of amides is 1. The molecule has 0 saturated carbocycles. The maximum Gasteiger partial charge on any atom is 0.267 e. The second-order valence-corrected chi connectivity index (χ2v) is 10.4. The molecule has 1 unspecified atom stereocenters. The molecule has 0 spiro atoms. The Kier molecular flexibility index (Phi) is 6.48. The van der Waals surface area contributed by atoms with Gasteiger partial charge in [0.2, 0.25) is 10.0 Å². The van der Waals surface area contributed by atoms with Gasteiger partial charge in [0, 0.05) is 37.9 Å². The molecule has 0 aliphatic carbocycles. The highest BCUT2D eigenvalue weighted by atomic mass is 32.2. The Labute approximate surface area is 167 Å². The zero-order chi connectivity index (χ0) is 20.4. The Bertz CT molecular complexity index is 784. The molecule has 0 bridgehead atoms. The first-order valence-corrected chi connectivity index (χ1v) is 11.4. The molecule has 2 aliphatic rings. The van der Waals surface area contributed by atoms with E-state index in [1.54, 1.807) is 0 Å². The fourth-order valence-electron chi connectivity index (χ4n) is 3.83. The fraction of sp³-hybridized carbons (Fsp3) is 0.737. The molecule has 8 nitrogen and oxygen atoms in total. The number of likely N-dealkylation sites (tertiary alicyclic amines) is 1. The predicted octanol–water partition coefficient (Wildman–Crippen LogP) is 1.28. The van der Waals surface area contributed by atoms with Crippen LogP contribution in [0, 0.1) is 5.92 Å². The Balaban J connectivity index is 1.61. The quantitative estimate of drug-likeness (QED) is 0.734. The second kappa shape index (κ2) is 8.52. The number of morpholine rings is 1. The van der Waals surface area contributed by atoms with Crippen LogP contribution in [0.1, 0.15) is 44.1 Å². The number of hydrogen-bond donors (Lipinski definition) is 2. The van der Waals surface area contributed by atoms with Crippen molar-refractivity contribution in [1.29, 1.82) is 0 Å². The summed E-state index contributed by atoms with van der Waals surface area (Å²) in [6.07, 6.45) is 3.82. The zero-order valence-corrected chi connectivity index (χ0v) is 17.8. The predicted molar refractivity (Wildman–Crippen MR) is 107 cm³/mol. The highest BCUT2D eigenvalue weighted by molar-refractivity contribution is 7.89. The van der Waals surface area contributed by atoms with Crippen LogP contribution in [0.15, 0.2) is 17.2 Å². The molecule has 1 aromatic rings. The lowest BCUT2D eigenvalue weighted by molar-refractivity contribution is 0.0656. The van der Waals surface area contributed by atoms with Crippen molar-refractivity contribution in [1.82, 2.24) is 19.5 Å². The molecule has 3 heterocycles. The third kappa shape index (κ3) is 4.76. The summed E-state index contributed by atoms with van der Waals surface area (Å²) in [5.41, 5.74) is 0.106. The van der Waals surface area contributed by atoms with Crippen LogP contribution in [0.25, 0.3) is 0 Å². The van der Waals surface area contributed by atoms with Gasteiger partial charge in [-0.05, 0) is 45.2 Å². The van der Waals surface area contributed by atoms with E-state index in [0.717, 1.165) is 13.1 Å². The highest BCUT2D eigenvalue weighted by Gasteiger charge is 2.31. The van der Waals surface area contributed by atoms with E-state index < -0.39 is 10.0 Å². The Morgan fingerprint density at radius 2 is 2.04 bits per heavy atom. The average Bonchev–Trinajstić information content (AvgIpc) is 3.18. The van der Waals surface area contributed by atoms with Gasteiger partial charge in [0.15, 0.2) is 0 Å². The number of nitrogens with zero attached hydrogens (tertiary/aromatic N) is 2. The van der Waals surface area contributed by atoms with E-state index in [0.29, 0.717) is 38.8 Å². The maximum atomic E-state index is 12.7. The van der Waals surface area contributed by atoms with Crippen LogP contribution >= 0.6 is 0 Å². The van der Waals surface area contributed by atoms with Crippen LogP contribution in [0.5, 0.6) is 0 Å². The standard InChI is InChI=1S/C19H32N4O4S/c1-15-5-4-6-22(13-15)19(2,3)14-21-18(24)17-11-16(12-20-17)28(25,26)23-7-9-27-10-8-23/h11-12,15,20H,4-10,13-14H2,1-3H3,(H,21,24). The van der Waals surface area contributed by atoms with Crippen molar-refractivity contribution in [3.05, 3.63) is 18.0 Å². The first-order valence-electron chi connectivity index (χ1n) is 10.00. The van der Waals surface area contributed by atoms with Gasteiger partial charge >= 0.3 is 0 Å². The Hall–Kier alpha value is -1.42. The van der Waals surface area contributed by atoms with Crippen molar-refractivity contribution >= 4 is 15.9 Å². The van der Waals surface area contributed by atoms with Gasteiger partial charge in [-0.3, -0.25) is 9.69 Å².